The van der Waals surface area contributed by atoms with Crippen molar-refractivity contribution in [2.45, 2.75) is 39.2 Å². The van der Waals surface area contributed by atoms with Crippen molar-refractivity contribution in [3.63, 3.8) is 0 Å². The van der Waals surface area contributed by atoms with E-state index in [-0.39, 0.29) is 36.6 Å². The van der Waals surface area contributed by atoms with E-state index < -0.39 is 0 Å². The van der Waals surface area contributed by atoms with E-state index in [1.54, 1.807) is 11.8 Å². The monoisotopic (exact) mass is 289 g/mol. The van der Waals surface area contributed by atoms with Crippen LogP contribution in [0.25, 0.3) is 0 Å². The second-order valence-corrected chi connectivity index (χ2v) is 5.92. The lowest BCUT2D eigenvalue weighted by Gasteiger charge is -2.17. The topological polar surface area (TPSA) is 57.6 Å². The summed E-state index contributed by atoms with van der Waals surface area (Å²) >= 11 is 0. The van der Waals surface area contributed by atoms with Crippen LogP contribution >= 0.6 is 0 Å². The largest absolute Gasteiger partial charge is 0.393 e. The molecule has 114 valence electrons. The molecule has 1 saturated heterocycles. The first kappa shape index (κ1) is 15.7. The van der Waals surface area contributed by atoms with Gasteiger partial charge in [-0.05, 0) is 20.3 Å². The van der Waals surface area contributed by atoms with Gasteiger partial charge in [0.1, 0.15) is 0 Å². The van der Waals surface area contributed by atoms with Gasteiger partial charge in [-0.2, -0.15) is 0 Å². The highest BCUT2D eigenvalue weighted by molar-refractivity contribution is 5.98. The number of benzene rings is 1. The lowest BCUT2D eigenvalue weighted by molar-refractivity contribution is -0.130. The standard InChI is InChI=1S/C17H23NO3/c1-12-3-5-14(6-4-12)16(20)7-8-17(21)18-10-9-15(11-18)13(2)19/h3-6,13,15,19H,7-11H2,1-2H3. The molecule has 1 fully saturated rings. The predicted octanol–water partition coefficient (Wildman–Crippen LogP) is 2.19. The van der Waals surface area contributed by atoms with Crippen LogP contribution in [-0.4, -0.2) is 40.9 Å². The van der Waals surface area contributed by atoms with Crippen molar-refractivity contribution in [3.05, 3.63) is 35.4 Å². The van der Waals surface area contributed by atoms with Crippen LogP contribution in [0.3, 0.4) is 0 Å². The summed E-state index contributed by atoms with van der Waals surface area (Å²) in [5.74, 6) is 0.190. The molecule has 21 heavy (non-hydrogen) atoms. The number of carbonyl (C=O) groups excluding carboxylic acids is 2. The Bertz CT molecular complexity index is 507. The maximum Gasteiger partial charge on any atom is 0.223 e. The zero-order valence-corrected chi connectivity index (χ0v) is 12.7. The average molecular weight is 289 g/mol. The molecule has 1 aromatic rings. The lowest BCUT2D eigenvalue weighted by atomic mass is 10.0. The Morgan fingerprint density at radius 1 is 1.29 bits per heavy atom. The number of aliphatic hydroxyl groups excluding tert-OH is 1. The maximum atomic E-state index is 12.1. The SMILES string of the molecule is Cc1ccc(C(=O)CCC(=O)N2CCC(C(C)O)C2)cc1. The van der Waals surface area contributed by atoms with Crippen LogP contribution in [0.1, 0.15) is 42.1 Å². The summed E-state index contributed by atoms with van der Waals surface area (Å²) in [4.78, 5) is 25.9. The number of rotatable bonds is 5. The van der Waals surface area contributed by atoms with E-state index in [2.05, 4.69) is 0 Å². The van der Waals surface area contributed by atoms with Crippen LogP contribution in [0.4, 0.5) is 0 Å². The van der Waals surface area contributed by atoms with Crippen LogP contribution < -0.4 is 0 Å². The molecule has 4 heteroatoms. The van der Waals surface area contributed by atoms with Gasteiger partial charge in [-0.25, -0.2) is 0 Å². The Morgan fingerprint density at radius 3 is 2.52 bits per heavy atom. The molecule has 1 N–H and O–H groups in total. The summed E-state index contributed by atoms with van der Waals surface area (Å²) in [6, 6.07) is 7.43. The van der Waals surface area contributed by atoms with Gasteiger partial charge in [-0.3, -0.25) is 9.59 Å². The zero-order chi connectivity index (χ0) is 15.4. The van der Waals surface area contributed by atoms with E-state index in [0.29, 0.717) is 18.7 Å². The Hall–Kier alpha value is -1.68. The van der Waals surface area contributed by atoms with Crippen LogP contribution in [0.5, 0.6) is 0 Å². The summed E-state index contributed by atoms with van der Waals surface area (Å²) in [7, 11) is 0. The first-order chi connectivity index (χ1) is 9.97. The van der Waals surface area contributed by atoms with E-state index >= 15 is 0 Å². The van der Waals surface area contributed by atoms with Gasteiger partial charge in [0.15, 0.2) is 5.78 Å². The van der Waals surface area contributed by atoms with Gasteiger partial charge in [0.2, 0.25) is 5.91 Å². The number of hydrogen-bond donors (Lipinski definition) is 1. The lowest BCUT2D eigenvalue weighted by Crippen LogP contribution is -2.30. The highest BCUT2D eigenvalue weighted by Gasteiger charge is 2.28. The molecule has 0 spiro atoms. The third kappa shape index (κ3) is 4.14. The second kappa shape index (κ2) is 6.85. The second-order valence-electron chi connectivity index (χ2n) is 5.92. The number of Topliss-reactive ketones (excluding diaryl/α,β-unsaturated/α-hetero) is 1. The fourth-order valence-electron chi connectivity index (χ4n) is 2.67. The molecule has 2 rings (SSSR count). The van der Waals surface area contributed by atoms with Crippen molar-refractivity contribution in [2.75, 3.05) is 13.1 Å². The molecule has 1 aliphatic heterocycles. The molecule has 0 aliphatic carbocycles. The summed E-state index contributed by atoms with van der Waals surface area (Å²) in [5, 5.41) is 9.55. The van der Waals surface area contributed by atoms with Crippen molar-refractivity contribution >= 4 is 11.7 Å². The van der Waals surface area contributed by atoms with E-state index in [1.807, 2.05) is 31.2 Å². The number of carbonyl (C=O) groups is 2. The minimum absolute atomic E-state index is 0.00891. The van der Waals surface area contributed by atoms with Gasteiger partial charge in [0.25, 0.3) is 0 Å². The third-order valence-corrected chi connectivity index (χ3v) is 4.20. The smallest absolute Gasteiger partial charge is 0.223 e. The Balaban J connectivity index is 1.81. The molecule has 0 radical (unpaired) electrons. The van der Waals surface area contributed by atoms with E-state index in [0.717, 1.165) is 12.0 Å². The van der Waals surface area contributed by atoms with Gasteiger partial charge in [0.05, 0.1) is 6.10 Å². The van der Waals surface area contributed by atoms with Crippen molar-refractivity contribution in [1.82, 2.24) is 4.90 Å². The van der Waals surface area contributed by atoms with Gasteiger partial charge in [-0.15, -0.1) is 0 Å². The number of amides is 1. The maximum absolute atomic E-state index is 12.1. The van der Waals surface area contributed by atoms with Gasteiger partial charge < -0.3 is 10.0 Å². The molecule has 1 amide bonds. The predicted molar refractivity (Wildman–Crippen MR) is 81.1 cm³/mol. The molecule has 4 nitrogen and oxygen atoms in total. The third-order valence-electron chi connectivity index (χ3n) is 4.20. The Kier molecular flexibility index (Phi) is 5.12. The Labute approximate surface area is 125 Å². The first-order valence-corrected chi connectivity index (χ1v) is 7.53. The van der Waals surface area contributed by atoms with E-state index in [1.165, 1.54) is 0 Å². The first-order valence-electron chi connectivity index (χ1n) is 7.53. The molecule has 1 aromatic carbocycles. The zero-order valence-electron chi connectivity index (χ0n) is 12.7. The quantitative estimate of drug-likeness (QED) is 0.845. The molecule has 1 heterocycles. The number of likely N-dealkylation sites (tertiary alicyclic amines) is 1. The normalized spacial score (nSPS) is 19.6. The van der Waals surface area contributed by atoms with E-state index in [4.69, 9.17) is 0 Å². The number of aliphatic hydroxyl groups is 1. The molecule has 0 bridgehead atoms. The molecular formula is C17H23NO3. The summed E-state index contributed by atoms with van der Waals surface area (Å²) in [5.41, 5.74) is 1.78. The van der Waals surface area contributed by atoms with Crippen LogP contribution in [0, 0.1) is 12.8 Å². The molecule has 0 saturated carbocycles. The Morgan fingerprint density at radius 2 is 1.95 bits per heavy atom. The molecule has 2 unspecified atom stereocenters. The summed E-state index contributed by atoms with van der Waals surface area (Å²) in [6.07, 6.45) is 0.962. The van der Waals surface area contributed by atoms with Crippen molar-refractivity contribution in [3.8, 4) is 0 Å². The number of hydrogen-bond acceptors (Lipinski definition) is 3. The van der Waals surface area contributed by atoms with Crippen LogP contribution in [0.15, 0.2) is 24.3 Å². The van der Waals surface area contributed by atoms with Crippen LogP contribution in [-0.2, 0) is 4.79 Å². The fourth-order valence-corrected chi connectivity index (χ4v) is 2.67. The number of aryl methyl sites for hydroxylation is 1. The minimum Gasteiger partial charge on any atom is -0.393 e. The fraction of sp³-hybridized carbons (Fsp3) is 0.529. The summed E-state index contributed by atoms with van der Waals surface area (Å²) in [6.45, 7) is 5.03. The summed E-state index contributed by atoms with van der Waals surface area (Å²) < 4.78 is 0. The average Bonchev–Trinajstić information content (AvgIpc) is 2.95. The van der Waals surface area contributed by atoms with Gasteiger partial charge in [0, 0.05) is 37.4 Å². The van der Waals surface area contributed by atoms with Crippen molar-refractivity contribution < 1.29 is 14.7 Å². The molecule has 0 aromatic heterocycles. The molecule has 1 aliphatic rings. The molecular weight excluding hydrogens is 266 g/mol. The van der Waals surface area contributed by atoms with Crippen molar-refractivity contribution in [2.24, 2.45) is 5.92 Å². The van der Waals surface area contributed by atoms with Crippen LogP contribution in [0.2, 0.25) is 0 Å². The molecule has 2 atom stereocenters. The van der Waals surface area contributed by atoms with Gasteiger partial charge >= 0.3 is 0 Å². The number of nitrogens with zero attached hydrogens (tertiary/aromatic N) is 1. The number of ketones is 1. The van der Waals surface area contributed by atoms with E-state index in [9.17, 15) is 14.7 Å². The highest BCUT2D eigenvalue weighted by Crippen LogP contribution is 2.20. The highest BCUT2D eigenvalue weighted by atomic mass is 16.3. The minimum atomic E-state index is -0.378. The van der Waals surface area contributed by atoms with Crippen molar-refractivity contribution in [1.29, 1.82) is 0 Å². The van der Waals surface area contributed by atoms with Gasteiger partial charge in [-0.1, -0.05) is 29.8 Å².